The van der Waals surface area contributed by atoms with Gasteiger partial charge in [-0.3, -0.25) is 9.78 Å². The summed E-state index contributed by atoms with van der Waals surface area (Å²) < 4.78 is 28.3. The second kappa shape index (κ2) is 8.24. The highest BCUT2D eigenvalue weighted by molar-refractivity contribution is 5.91. The molecule has 148 valence electrons. The van der Waals surface area contributed by atoms with E-state index in [4.69, 9.17) is 5.11 Å². The predicted octanol–water partition coefficient (Wildman–Crippen LogP) is 3.81. The topological polar surface area (TPSA) is 78.8 Å². The fourth-order valence-electron chi connectivity index (χ4n) is 3.05. The van der Waals surface area contributed by atoms with Gasteiger partial charge in [-0.05, 0) is 48.0 Å². The van der Waals surface area contributed by atoms with E-state index in [1.807, 2.05) is 36.5 Å². The Morgan fingerprint density at radius 1 is 1.10 bits per heavy atom. The van der Waals surface area contributed by atoms with Crippen molar-refractivity contribution >= 4 is 28.7 Å². The number of nitrogens with zero attached hydrogens (tertiary/aromatic N) is 3. The highest BCUT2D eigenvalue weighted by Gasteiger charge is 2.06. The summed E-state index contributed by atoms with van der Waals surface area (Å²) in [5, 5.41) is 24.5. The number of aromatic amines is 1. The first-order valence-electron chi connectivity index (χ1n) is 9.09. The van der Waals surface area contributed by atoms with E-state index in [1.165, 1.54) is 12.1 Å². The Morgan fingerprint density at radius 2 is 1.93 bits per heavy atom. The number of fused-ring (bicyclic) bond motifs is 1. The molecule has 0 atom stereocenters. The molecule has 4 rings (SSSR count). The molecule has 0 aliphatic heterocycles. The average Bonchev–Trinajstić information content (AvgIpc) is 3.30. The van der Waals surface area contributed by atoms with Gasteiger partial charge >= 0.3 is 0 Å². The van der Waals surface area contributed by atoms with Gasteiger partial charge in [-0.1, -0.05) is 0 Å². The third kappa shape index (κ3) is 4.49. The molecule has 0 bridgehead atoms. The van der Waals surface area contributed by atoms with Gasteiger partial charge in [0.05, 0.1) is 30.6 Å². The summed E-state index contributed by atoms with van der Waals surface area (Å²) in [7, 11) is 0. The summed E-state index contributed by atoms with van der Waals surface area (Å²) in [6.45, 7) is 0.781. The van der Waals surface area contributed by atoms with Crippen molar-refractivity contribution in [2.45, 2.75) is 13.1 Å². The fraction of sp³-hybridized carbons (Fsp3) is 0.143. The lowest BCUT2D eigenvalue weighted by Crippen LogP contribution is -2.01. The smallest absolute Gasteiger partial charge is 0.126 e. The van der Waals surface area contributed by atoms with E-state index in [2.05, 4.69) is 20.6 Å². The van der Waals surface area contributed by atoms with E-state index in [0.717, 1.165) is 33.9 Å². The van der Waals surface area contributed by atoms with Gasteiger partial charge in [0, 0.05) is 35.4 Å². The van der Waals surface area contributed by atoms with Crippen LogP contribution in [0.15, 0.2) is 48.8 Å². The zero-order chi connectivity index (χ0) is 20.2. The van der Waals surface area contributed by atoms with Crippen molar-refractivity contribution in [2.24, 2.45) is 0 Å². The van der Waals surface area contributed by atoms with Crippen molar-refractivity contribution < 1.29 is 13.9 Å². The monoisotopic (exact) mass is 395 g/mol. The third-order valence-corrected chi connectivity index (χ3v) is 4.43. The van der Waals surface area contributed by atoms with Gasteiger partial charge in [0.1, 0.15) is 11.6 Å². The number of aliphatic hydroxyl groups excluding tert-OH is 1. The number of H-pyrrole nitrogens is 1. The first-order chi connectivity index (χ1) is 14.1. The average molecular weight is 395 g/mol. The lowest BCUT2D eigenvalue weighted by molar-refractivity contribution is 0.269. The van der Waals surface area contributed by atoms with Crippen LogP contribution in [0.3, 0.4) is 0 Å². The highest BCUT2D eigenvalue weighted by Crippen LogP contribution is 2.23. The Kier molecular flexibility index (Phi) is 5.35. The minimum atomic E-state index is -0.596. The van der Waals surface area contributed by atoms with E-state index in [0.29, 0.717) is 18.7 Å². The van der Waals surface area contributed by atoms with Gasteiger partial charge in [-0.15, -0.1) is 0 Å². The maximum absolute atomic E-state index is 13.3. The molecule has 0 saturated carbocycles. The molecular weight excluding hydrogens is 376 g/mol. The molecule has 0 spiro atoms. The molecule has 6 nitrogen and oxygen atoms in total. The number of halogens is 2. The summed E-state index contributed by atoms with van der Waals surface area (Å²) in [4.78, 5) is 0. The van der Waals surface area contributed by atoms with E-state index in [1.54, 1.807) is 10.9 Å². The van der Waals surface area contributed by atoms with Crippen LogP contribution in [0.25, 0.3) is 23.1 Å². The quantitative estimate of drug-likeness (QED) is 0.445. The van der Waals surface area contributed by atoms with Crippen LogP contribution in [-0.4, -0.2) is 31.7 Å². The second-order valence-electron chi connectivity index (χ2n) is 6.59. The minimum Gasteiger partial charge on any atom is -0.394 e. The molecule has 0 aliphatic rings. The maximum atomic E-state index is 13.3. The standard InChI is InChI=1S/C21H19F2N5O/c22-16-7-15(8-17(23)9-16)11-24-18-2-4-21-19(10-18)20(26-27-21)3-1-14-12-25-28(13-14)5-6-29/h1-4,7-10,12-13,24,29H,5-6,11H2,(H,26,27)/b3-1+. The fourth-order valence-corrected chi connectivity index (χ4v) is 3.05. The number of nitrogens with one attached hydrogen (secondary N) is 2. The SMILES string of the molecule is OCCn1cc(/C=C/c2n[nH]c3ccc(NCc4cc(F)cc(F)c4)cc23)cn1. The van der Waals surface area contributed by atoms with Gasteiger partial charge in [0.15, 0.2) is 0 Å². The normalized spacial score (nSPS) is 11.6. The Labute approximate surface area is 165 Å². The van der Waals surface area contributed by atoms with Crippen molar-refractivity contribution in [2.75, 3.05) is 11.9 Å². The van der Waals surface area contributed by atoms with Crippen LogP contribution in [0.2, 0.25) is 0 Å². The molecule has 0 amide bonds. The molecule has 8 heteroatoms. The molecule has 0 fully saturated rings. The van der Waals surface area contributed by atoms with Gasteiger partial charge in [0.25, 0.3) is 0 Å². The zero-order valence-corrected chi connectivity index (χ0v) is 15.4. The lowest BCUT2D eigenvalue weighted by atomic mass is 10.1. The van der Waals surface area contributed by atoms with Crippen LogP contribution < -0.4 is 5.32 Å². The number of hydrogen-bond acceptors (Lipinski definition) is 4. The van der Waals surface area contributed by atoms with Crippen molar-refractivity contribution in [1.29, 1.82) is 0 Å². The number of anilines is 1. The molecule has 0 unspecified atom stereocenters. The first kappa shape index (κ1) is 18.8. The molecule has 2 heterocycles. The Balaban J connectivity index is 1.51. The Hall–Kier alpha value is -3.52. The van der Waals surface area contributed by atoms with Crippen molar-refractivity contribution in [1.82, 2.24) is 20.0 Å². The van der Waals surface area contributed by atoms with Gasteiger partial charge in [0.2, 0.25) is 0 Å². The van der Waals surface area contributed by atoms with Gasteiger partial charge in [-0.2, -0.15) is 10.2 Å². The summed E-state index contributed by atoms with van der Waals surface area (Å²) in [5.74, 6) is -1.19. The number of hydrogen-bond donors (Lipinski definition) is 3. The molecule has 3 N–H and O–H groups in total. The Morgan fingerprint density at radius 3 is 2.72 bits per heavy atom. The second-order valence-corrected chi connectivity index (χ2v) is 6.59. The summed E-state index contributed by atoms with van der Waals surface area (Å²) in [5.41, 5.74) is 3.87. The molecule has 4 aromatic rings. The van der Waals surface area contributed by atoms with Crippen molar-refractivity contribution in [3.8, 4) is 0 Å². The zero-order valence-electron chi connectivity index (χ0n) is 15.4. The predicted molar refractivity (Wildman–Crippen MR) is 108 cm³/mol. The number of benzene rings is 2. The van der Waals surface area contributed by atoms with E-state index in [9.17, 15) is 8.78 Å². The molecule has 2 aromatic carbocycles. The van der Waals surface area contributed by atoms with Crippen LogP contribution in [-0.2, 0) is 13.1 Å². The van der Waals surface area contributed by atoms with E-state index >= 15 is 0 Å². The van der Waals surface area contributed by atoms with Crippen LogP contribution in [0.4, 0.5) is 14.5 Å². The lowest BCUT2D eigenvalue weighted by Gasteiger charge is -2.07. The van der Waals surface area contributed by atoms with Crippen LogP contribution in [0, 0.1) is 11.6 Å². The van der Waals surface area contributed by atoms with Crippen LogP contribution in [0.5, 0.6) is 0 Å². The molecule has 0 saturated heterocycles. The number of aromatic nitrogens is 4. The molecule has 29 heavy (non-hydrogen) atoms. The summed E-state index contributed by atoms with van der Waals surface area (Å²) >= 11 is 0. The van der Waals surface area contributed by atoms with Gasteiger partial charge in [-0.25, -0.2) is 8.78 Å². The summed E-state index contributed by atoms with van der Waals surface area (Å²) in [6.07, 6.45) is 7.33. The minimum absolute atomic E-state index is 0.0346. The first-order valence-corrected chi connectivity index (χ1v) is 9.09. The maximum Gasteiger partial charge on any atom is 0.126 e. The van der Waals surface area contributed by atoms with E-state index in [-0.39, 0.29) is 6.61 Å². The summed E-state index contributed by atoms with van der Waals surface area (Å²) in [6, 6.07) is 9.17. The van der Waals surface area contributed by atoms with Crippen LogP contribution in [0.1, 0.15) is 16.8 Å². The number of aliphatic hydroxyl groups is 1. The molecule has 2 aromatic heterocycles. The molecule has 0 radical (unpaired) electrons. The van der Waals surface area contributed by atoms with Crippen molar-refractivity contribution in [3.05, 3.63) is 77.2 Å². The number of rotatable bonds is 7. The third-order valence-electron chi connectivity index (χ3n) is 4.43. The van der Waals surface area contributed by atoms with Crippen LogP contribution >= 0.6 is 0 Å². The Bertz CT molecular complexity index is 1140. The van der Waals surface area contributed by atoms with E-state index < -0.39 is 11.6 Å². The van der Waals surface area contributed by atoms with Gasteiger partial charge < -0.3 is 10.4 Å². The molecule has 0 aliphatic carbocycles. The van der Waals surface area contributed by atoms with Crippen molar-refractivity contribution in [3.63, 3.8) is 0 Å². The largest absolute Gasteiger partial charge is 0.394 e. The molecular formula is C21H19F2N5O. The highest BCUT2D eigenvalue weighted by atomic mass is 19.1.